The summed E-state index contributed by atoms with van der Waals surface area (Å²) in [6, 6.07) is 7.42. The van der Waals surface area contributed by atoms with Crippen LogP contribution in [0.4, 0.5) is 5.69 Å². The molecule has 1 aliphatic rings. The Bertz CT molecular complexity index is 409. The van der Waals surface area contributed by atoms with Crippen LogP contribution in [0.15, 0.2) is 24.3 Å². The number of anilines is 1. The van der Waals surface area contributed by atoms with E-state index < -0.39 is 0 Å². The summed E-state index contributed by atoms with van der Waals surface area (Å²) >= 11 is 0. The van der Waals surface area contributed by atoms with Gasteiger partial charge in [-0.25, -0.2) is 0 Å². The van der Waals surface area contributed by atoms with Crippen LogP contribution in [0.5, 0.6) is 5.75 Å². The molecule has 104 valence electrons. The van der Waals surface area contributed by atoms with Crippen LogP contribution in [0.3, 0.4) is 0 Å². The molecule has 1 aromatic rings. The molecule has 4 nitrogen and oxygen atoms in total. The largest absolute Gasteiger partial charge is 0.497 e. The number of amides is 1. The molecule has 1 aliphatic carbocycles. The summed E-state index contributed by atoms with van der Waals surface area (Å²) < 4.78 is 5.09. The number of methoxy groups -OCH3 is 1. The highest BCUT2D eigenvalue weighted by Gasteiger charge is 2.25. The summed E-state index contributed by atoms with van der Waals surface area (Å²) in [5, 5.41) is 2.97. The first-order valence-electron chi connectivity index (χ1n) is 6.88. The Kier molecular flexibility index (Phi) is 4.80. The minimum absolute atomic E-state index is 0.126. The van der Waals surface area contributed by atoms with Gasteiger partial charge in [-0.1, -0.05) is 0 Å². The molecule has 0 heterocycles. The molecule has 1 amide bonds. The quantitative estimate of drug-likeness (QED) is 0.875. The second-order valence-corrected chi connectivity index (χ2v) is 5.17. The van der Waals surface area contributed by atoms with E-state index in [1.165, 1.54) is 0 Å². The zero-order valence-corrected chi connectivity index (χ0v) is 11.4. The molecule has 3 N–H and O–H groups in total. The zero-order chi connectivity index (χ0) is 13.7. The van der Waals surface area contributed by atoms with Crippen LogP contribution < -0.4 is 15.8 Å². The lowest BCUT2D eigenvalue weighted by Gasteiger charge is -2.26. The molecular weight excluding hydrogens is 240 g/mol. The van der Waals surface area contributed by atoms with Crippen LogP contribution in [-0.2, 0) is 4.79 Å². The number of carbonyl (C=O) groups is 1. The fourth-order valence-corrected chi connectivity index (χ4v) is 2.58. The maximum Gasteiger partial charge on any atom is 0.227 e. The highest BCUT2D eigenvalue weighted by molar-refractivity contribution is 5.92. The predicted molar refractivity (Wildman–Crippen MR) is 76.1 cm³/mol. The van der Waals surface area contributed by atoms with Crippen molar-refractivity contribution in [2.24, 2.45) is 17.6 Å². The topological polar surface area (TPSA) is 64.3 Å². The smallest absolute Gasteiger partial charge is 0.227 e. The average Bonchev–Trinajstić information content (AvgIpc) is 2.48. The minimum Gasteiger partial charge on any atom is -0.497 e. The van der Waals surface area contributed by atoms with Gasteiger partial charge >= 0.3 is 0 Å². The second kappa shape index (κ2) is 6.57. The molecular formula is C15H22N2O2. The van der Waals surface area contributed by atoms with E-state index in [0.29, 0.717) is 5.92 Å². The van der Waals surface area contributed by atoms with Gasteiger partial charge in [0.05, 0.1) is 7.11 Å². The molecule has 1 saturated carbocycles. The maximum absolute atomic E-state index is 12.1. The molecule has 1 aromatic carbocycles. The van der Waals surface area contributed by atoms with Gasteiger partial charge < -0.3 is 15.8 Å². The fraction of sp³-hybridized carbons (Fsp3) is 0.533. The van der Waals surface area contributed by atoms with Crippen molar-refractivity contribution in [3.63, 3.8) is 0 Å². The van der Waals surface area contributed by atoms with Crippen molar-refractivity contribution in [2.75, 3.05) is 19.0 Å². The van der Waals surface area contributed by atoms with Crippen LogP contribution in [0.25, 0.3) is 0 Å². The van der Waals surface area contributed by atoms with Gasteiger partial charge in [0.25, 0.3) is 0 Å². The molecule has 0 aromatic heterocycles. The molecule has 0 aliphatic heterocycles. The Morgan fingerprint density at radius 1 is 1.26 bits per heavy atom. The number of carbonyl (C=O) groups excluding carboxylic acids is 1. The third-order valence-electron chi connectivity index (χ3n) is 3.91. The summed E-state index contributed by atoms with van der Waals surface area (Å²) in [7, 11) is 1.63. The molecule has 0 unspecified atom stereocenters. The third-order valence-corrected chi connectivity index (χ3v) is 3.91. The monoisotopic (exact) mass is 262 g/mol. The molecule has 19 heavy (non-hydrogen) atoms. The Morgan fingerprint density at radius 2 is 1.89 bits per heavy atom. The lowest BCUT2D eigenvalue weighted by molar-refractivity contribution is -0.121. The molecule has 2 rings (SSSR count). The van der Waals surface area contributed by atoms with Gasteiger partial charge in [-0.2, -0.15) is 0 Å². The Morgan fingerprint density at radius 3 is 2.42 bits per heavy atom. The normalized spacial score (nSPS) is 22.8. The van der Waals surface area contributed by atoms with Gasteiger partial charge in [0, 0.05) is 11.6 Å². The predicted octanol–water partition coefficient (Wildman–Crippen LogP) is 2.40. The van der Waals surface area contributed by atoms with Crippen molar-refractivity contribution in [3.8, 4) is 5.75 Å². The second-order valence-electron chi connectivity index (χ2n) is 5.17. The SMILES string of the molecule is COc1ccc(NC(=O)[C@H]2CC[C@H](CN)CC2)cc1. The van der Waals surface area contributed by atoms with Crippen molar-refractivity contribution in [1.29, 1.82) is 0 Å². The first-order valence-corrected chi connectivity index (χ1v) is 6.88. The summed E-state index contributed by atoms with van der Waals surface area (Å²) in [5.74, 6) is 1.65. The van der Waals surface area contributed by atoms with E-state index in [4.69, 9.17) is 10.5 Å². The van der Waals surface area contributed by atoms with Crippen LogP contribution in [0, 0.1) is 11.8 Å². The van der Waals surface area contributed by atoms with Gasteiger partial charge in [0.2, 0.25) is 5.91 Å². The first-order chi connectivity index (χ1) is 9.22. The van der Waals surface area contributed by atoms with Gasteiger partial charge in [0.15, 0.2) is 0 Å². The third kappa shape index (κ3) is 3.70. The Hall–Kier alpha value is -1.55. The highest BCUT2D eigenvalue weighted by Crippen LogP contribution is 2.29. The molecule has 0 bridgehead atoms. The van der Waals surface area contributed by atoms with Crippen molar-refractivity contribution in [3.05, 3.63) is 24.3 Å². The standard InChI is InChI=1S/C15H22N2O2/c1-19-14-8-6-13(7-9-14)17-15(18)12-4-2-11(10-16)3-5-12/h6-9,11-12H,2-5,10,16H2,1H3,(H,17,18)/t11-,12-. The van der Waals surface area contributed by atoms with Crippen LogP contribution in [0.2, 0.25) is 0 Å². The van der Waals surface area contributed by atoms with Crippen molar-refractivity contribution in [1.82, 2.24) is 0 Å². The number of nitrogens with one attached hydrogen (secondary N) is 1. The van der Waals surface area contributed by atoms with Crippen LogP contribution >= 0.6 is 0 Å². The number of hydrogen-bond donors (Lipinski definition) is 2. The summed E-state index contributed by atoms with van der Waals surface area (Å²) in [5.41, 5.74) is 6.49. The Labute approximate surface area is 114 Å². The van der Waals surface area contributed by atoms with Gasteiger partial charge in [-0.15, -0.1) is 0 Å². The van der Waals surface area contributed by atoms with Gasteiger partial charge in [0.1, 0.15) is 5.75 Å². The molecule has 0 spiro atoms. The van der Waals surface area contributed by atoms with E-state index in [-0.39, 0.29) is 11.8 Å². The summed E-state index contributed by atoms with van der Waals surface area (Å²) in [6.45, 7) is 0.743. The number of benzene rings is 1. The summed E-state index contributed by atoms with van der Waals surface area (Å²) in [6.07, 6.45) is 4.03. The molecule has 0 saturated heterocycles. The van der Waals surface area contributed by atoms with E-state index in [2.05, 4.69) is 5.32 Å². The van der Waals surface area contributed by atoms with E-state index in [1.807, 2.05) is 24.3 Å². The first kappa shape index (κ1) is 13.9. The van der Waals surface area contributed by atoms with E-state index in [0.717, 1.165) is 43.7 Å². The fourth-order valence-electron chi connectivity index (χ4n) is 2.58. The lowest BCUT2D eigenvalue weighted by Crippen LogP contribution is -2.29. The zero-order valence-electron chi connectivity index (χ0n) is 11.4. The molecule has 0 atom stereocenters. The minimum atomic E-state index is 0.126. The maximum atomic E-state index is 12.1. The molecule has 4 heteroatoms. The van der Waals surface area contributed by atoms with Crippen molar-refractivity contribution >= 4 is 11.6 Å². The summed E-state index contributed by atoms with van der Waals surface area (Å²) in [4.78, 5) is 12.1. The molecule has 0 radical (unpaired) electrons. The molecule has 1 fully saturated rings. The number of ether oxygens (including phenoxy) is 1. The average molecular weight is 262 g/mol. The number of hydrogen-bond acceptors (Lipinski definition) is 3. The van der Waals surface area contributed by atoms with Gasteiger partial charge in [-0.3, -0.25) is 4.79 Å². The lowest BCUT2D eigenvalue weighted by atomic mass is 9.81. The van der Waals surface area contributed by atoms with E-state index in [9.17, 15) is 4.79 Å². The van der Waals surface area contributed by atoms with Crippen LogP contribution in [0.1, 0.15) is 25.7 Å². The Balaban J connectivity index is 1.86. The highest BCUT2D eigenvalue weighted by atomic mass is 16.5. The van der Waals surface area contributed by atoms with E-state index >= 15 is 0 Å². The van der Waals surface area contributed by atoms with Crippen molar-refractivity contribution in [2.45, 2.75) is 25.7 Å². The van der Waals surface area contributed by atoms with Gasteiger partial charge in [-0.05, 0) is 62.4 Å². The number of nitrogens with two attached hydrogens (primary N) is 1. The number of rotatable bonds is 4. The van der Waals surface area contributed by atoms with Crippen molar-refractivity contribution < 1.29 is 9.53 Å². The van der Waals surface area contributed by atoms with E-state index in [1.54, 1.807) is 7.11 Å². The van der Waals surface area contributed by atoms with Crippen LogP contribution in [-0.4, -0.2) is 19.6 Å².